The average molecular weight is 302 g/mol. The molecule has 3 rings (SSSR count). The Morgan fingerprint density at radius 1 is 1.19 bits per heavy atom. The molecule has 2 heterocycles. The first-order valence-corrected chi connectivity index (χ1v) is 7.70. The van der Waals surface area contributed by atoms with Crippen LogP contribution in [0.5, 0.6) is 0 Å². The van der Waals surface area contributed by atoms with Crippen LogP contribution >= 0.6 is 0 Å². The van der Waals surface area contributed by atoms with Crippen LogP contribution in [0.25, 0.3) is 0 Å². The van der Waals surface area contributed by atoms with Gasteiger partial charge in [-0.1, -0.05) is 0 Å². The minimum atomic E-state index is -4.04. The van der Waals surface area contributed by atoms with Gasteiger partial charge >= 0.3 is 6.18 Å². The van der Waals surface area contributed by atoms with Gasteiger partial charge in [0.2, 0.25) is 0 Å². The molecule has 1 atom stereocenters. The Morgan fingerprint density at radius 3 is 2.57 bits per heavy atom. The molecular weight excluding hydrogens is 281 g/mol. The number of hydrogen-bond donors (Lipinski definition) is 1. The first kappa shape index (κ1) is 14.8. The van der Waals surface area contributed by atoms with Gasteiger partial charge in [0.25, 0.3) is 0 Å². The van der Waals surface area contributed by atoms with E-state index in [1.54, 1.807) is 0 Å². The number of nitrogens with zero attached hydrogens (tertiary/aromatic N) is 3. The molecule has 0 spiro atoms. The van der Waals surface area contributed by atoms with E-state index in [2.05, 4.69) is 20.1 Å². The number of aromatic nitrogens is 3. The first-order chi connectivity index (χ1) is 9.95. The molecule has 1 aromatic heterocycles. The molecule has 1 N–H and O–H groups in total. The van der Waals surface area contributed by atoms with Gasteiger partial charge in [-0.25, -0.2) is 0 Å². The van der Waals surface area contributed by atoms with E-state index in [-0.39, 0.29) is 24.9 Å². The van der Waals surface area contributed by atoms with E-state index in [4.69, 9.17) is 0 Å². The van der Waals surface area contributed by atoms with Gasteiger partial charge in [-0.05, 0) is 39.0 Å². The van der Waals surface area contributed by atoms with Gasteiger partial charge < -0.3 is 9.88 Å². The third-order valence-electron chi connectivity index (χ3n) is 4.70. The van der Waals surface area contributed by atoms with Crippen LogP contribution in [0.2, 0.25) is 0 Å². The second-order valence-electron chi connectivity index (χ2n) is 6.21. The van der Waals surface area contributed by atoms with Crippen molar-refractivity contribution in [3.8, 4) is 0 Å². The van der Waals surface area contributed by atoms with Crippen LogP contribution in [0.15, 0.2) is 0 Å². The maximum Gasteiger partial charge on any atom is 0.391 e. The lowest BCUT2D eigenvalue weighted by molar-refractivity contribution is -0.182. The third kappa shape index (κ3) is 3.07. The molecule has 1 unspecified atom stereocenters. The summed E-state index contributed by atoms with van der Waals surface area (Å²) < 4.78 is 40.1. The Balaban J connectivity index is 1.55. The van der Waals surface area contributed by atoms with E-state index >= 15 is 0 Å². The zero-order valence-electron chi connectivity index (χ0n) is 12.2. The van der Waals surface area contributed by atoms with Crippen LogP contribution in [-0.2, 0) is 13.0 Å². The van der Waals surface area contributed by atoms with Crippen LogP contribution < -0.4 is 5.32 Å². The molecule has 0 radical (unpaired) electrons. The van der Waals surface area contributed by atoms with E-state index in [0.29, 0.717) is 12.8 Å². The maximum absolute atomic E-state index is 12.7. The number of halogens is 3. The van der Waals surface area contributed by atoms with E-state index in [0.717, 1.165) is 31.0 Å². The molecule has 118 valence electrons. The van der Waals surface area contributed by atoms with Crippen molar-refractivity contribution in [2.75, 3.05) is 0 Å². The standard InChI is InChI=1S/C14H21F3N4/c1-9(13-20-19-12-3-2-8-21(12)13)18-11-6-4-10(5-7-11)14(15,16)17/h9-11,18H,2-8H2,1H3. The summed E-state index contributed by atoms with van der Waals surface area (Å²) in [5.41, 5.74) is 0. The number of hydrogen-bond acceptors (Lipinski definition) is 3. The number of nitrogens with one attached hydrogen (secondary N) is 1. The highest BCUT2D eigenvalue weighted by Gasteiger charge is 2.41. The average Bonchev–Trinajstić information content (AvgIpc) is 3.00. The van der Waals surface area contributed by atoms with E-state index in [1.165, 1.54) is 0 Å². The smallest absolute Gasteiger partial charge is 0.314 e. The summed E-state index contributed by atoms with van der Waals surface area (Å²) in [6.07, 6.45) is -0.356. The lowest BCUT2D eigenvalue weighted by Gasteiger charge is -2.32. The molecule has 0 amide bonds. The van der Waals surface area contributed by atoms with Crippen LogP contribution in [-0.4, -0.2) is 27.0 Å². The minimum Gasteiger partial charge on any atom is -0.314 e. The summed E-state index contributed by atoms with van der Waals surface area (Å²) in [6.45, 7) is 2.97. The van der Waals surface area contributed by atoms with Gasteiger partial charge in [-0.2, -0.15) is 13.2 Å². The second kappa shape index (κ2) is 5.59. The quantitative estimate of drug-likeness (QED) is 0.933. The summed E-state index contributed by atoms with van der Waals surface area (Å²) in [5.74, 6) is 0.822. The second-order valence-corrected chi connectivity index (χ2v) is 6.21. The van der Waals surface area contributed by atoms with E-state index < -0.39 is 12.1 Å². The topological polar surface area (TPSA) is 42.7 Å². The molecule has 0 saturated heterocycles. The Morgan fingerprint density at radius 2 is 1.90 bits per heavy atom. The predicted molar refractivity (Wildman–Crippen MR) is 71.7 cm³/mol. The van der Waals surface area contributed by atoms with Crippen molar-refractivity contribution in [1.29, 1.82) is 0 Å². The van der Waals surface area contributed by atoms with Gasteiger partial charge in [0.15, 0.2) is 0 Å². The summed E-state index contributed by atoms with van der Waals surface area (Å²) in [5, 5.41) is 11.8. The lowest BCUT2D eigenvalue weighted by atomic mass is 9.85. The molecule has 1 saturated carbocycles. The normalized spacial score (nSPS) is 27.6. The fourth-order valence-electron chi connectivity index (χ4n) is 3.51. The van der Waals surface area contributed by atoms with Crippen LogP contribution in [0.1, 0.15) is 56.7 Å². The van der Waals surface area contributed by atoms with Crippen molar-refractivity contribution in [1.82, 2.24) is 20.1 Å². The largest absolute Gasteiger partial charge is 0.391 e. The zero-order chi connectivity index (χ0) is 15.0. The molecule has 1 aromatic rings. The van der Waals surface area contributed by atoms with Crippen molar-refractivity contribution in [3.63, 3.8) is 0 Å². The van der Waals surface area contributed by atoms with Crippen LogP contribution in [0.4, 0.5) is 13.2 Å². The molecule has 1 fully saturated rings. The van der Waals surface area contributed by atoms with Gasteiger partial charge in [-0.15, -0.1) is 10.2 Å². The highest BCUT2D eigenvalue weighted by atomic mass is 19.4. The minimum absolute atomic E-state index is 0.0387. The van der Waals surface area contributed by atoms with Crippen molar-refractivity contribution in [2.45, 2.75) is 70.3 Å². The number of rotatable bonds is 3. The predicted octanol–water partition coefficient (Wildman–Crippen LogP) is 3.00. The molecule has 2 aliphatic rings. The van der Waals surface area contributed by atoms with E-state index in [9.17, 15) is 13.2 Å². The monoisotopic (exact) mass is 302 g/mol. The van der Waals surface area contributed by atoms with Crippen molar-refractivity contribution in [2.24, 2.45) is 5.92 Å². The summed E-state index contributed by atoms with van der Waals surface area (Å²) in [6, 6.07) is 0.185. The third-order valence-corrected chi connectivity index (χ3v) is 4.70. The summed E-state index contributed by atoms with van der Waals surface area (Å²) in [4.78, 5) is 0. The molecular formula is C14H21F3N4. The Bertz CT molecular complexity index is 489. The Hall–Kier alpha value is -1.11. The Kier molecular flexibility index (Phi) is 3.94. The molecule has 7 heteroatoms. The number of aryl methyl sites for hydroxylation is 1. The van der Waals surface area contributed by atoms with Crippen molar-refractivity contribution < 1.29 is 13.2 Å². The SMILES string of the molecule is CC(NC1CCC(C(F)(F)F)CC1)c1nnc2n1CCC2. The molecule has 1 aliphatic heterocycles. The lowest BCUT2D eigenvalue weighted by Crippen LogP contribution is -2.38. The van der Waals surface area contributed by atoms with Crippen molar-refractivity contribution >= 4 is 0 Å². The van der Waals surface area contributed by atoms with Crippen LogP contribution in [0, 0.1) is 5.92 Å². The van der Waals surface area contributed by atoms with E-state index in [1.807, 2.05) is 6.92 Å². The number of fused-ring (bicyclic) bond motifs is 1. The molecule has 0 bridgehead atoms. The van der Waals surface area contributed by atoms with Gasteiger partial charge in [-0.3, -0.25) is 0 Å². The van der Waals surface area contributed by atoms with Gasteiger partial charge in [0.1, 0.15) is 11.6 Å². The Labute approximate surface area is 122 Å². The fourth-order valence-corrected chi connectivity index (χ4v) is 3.51. The number of alkyl halides is 3. The zero-order valence-corrected chi connectivity index (χ0v) is 12.2. The first-order valence-electron chi connectivity index (χ1n) is 7.70. The maximum atomic E-state index is 12.7. The molecule has 1 aliphatic carbocycles. The highest BCUT2D eigenvalue weighted by molar-refractivity contribution is 5.04. The fraction of sp³-hybridized carbons (Fsp3) is 0.857. The summed E-state index contributed by atoms with van der Waals surface area (Å²) in [7, 11) is 0. The van der Waals surface area contributed by atoms with Crippen molar-refractivity contribution in [3.05, 3.63) is 11.6 Å². The van der Waals surface area contributed by atoms with Gasteiger partial charge in [0.05, 0.1) is 12.0 Å². The van der Waals surface area contributed by atoms with Crippen LogP contribution in [0.3, 0.4) is 0 Å². The highest BCUT2D eigenvalue weighted by Crippen LogP contribution is 2.37. The molecule has 21 heavy (non-hydrogen) atoms. The molecule has 4 nitrogen and oxygen atoms in total. The molecule has 0 aromatic carbocycles. The summed E-state index contributed by atoms with van der Waals surface area (Å²) >= 11 is 0. The van der Waals surface area contributed by atoms with Gasteiger partial charge in [0, 0.05) is 19.0 Å².